The van der Waals surface area contributed by atoms with Crippen molar-refractivity contribution in [3.05, 3.63) is 70.6 Å². The van der Waals surface area contributed by atoms with Gasteiger partial charge in [0, 0.05) is 25.1 Å². The van der Waals surface area contributed by atoms with Crippen molar-refractivity contribution in [3.8, 4) is 0 Å². The minimum Gasteiger partial charge on any atom is -0.440 e. The third-order valence-corrected chi connectivity index (χ3v) is 5.51. The van der Waals surface area contributed by atoms with Crippen molar-refractivity contribution in [2.24, 2.45) is 0 Å². The Morgan fingerprint density at radius 3 is 2.60 bits per heavy atom. The summed E-state index contributed by atoms with van der Waals surface area (Å²) in [6.45, 7) is 1.06. The molecule has 0 bridgehead atoms. The maximum atomic E-state index is 13.0. The van der Waals surface area contributed by atoms with Crippen LogP contribution in [0.1, 0.15) is 35.8 Å². The number of carbonyl (C=O) groups is 1. The summed E-state index contributed by atoms with van der Waals surface area (Å²) >= 11 is 5.62. The monoisotopic (exact) mass is 434 g/mol. The van der Waals surface area contributed by atoms with Gasteiger partial charge in [0.05, 0.1) is 10.6 Å². The number of amides is 1. The smallest absolute Gasteiger partial charge is 0.417 e. The minimum atomic E-state index is -4.54. The van der Waals surface area contributed by atoms with Crippen LogP contribution < -0.4 is 0 Å². The molecule has 3 aromatic rings. The lowest BCUT2D eigenvalue weighted by molar-refractivity contribution is -0.137. The van der Waals surface area contributed by atoms with Crippen LogP contribution in [0.25, 0.3) is 17.2 Å². The topological polar surface area (TPSA) is 46.3 Å². The van der Waals surface area contributed by atoms with E-state index in [0.29, 0.717) is 31.8 Å². The van der Waals surface area contributed by atoms with E-state index in [-0.39, 0.29) is 22.4 Å². The molecule has 2 heterocycles. The summed E-state index contributed by atoms with van der Waals surface area (Å²) in [6.07, 6.45) is -0.446. The third kappa shape index (κ3) is 4.36. The number of likely N-dealkylation sites (tertiary alicyclic amines) is 1. The fraction of sp³-hybridized carbons (Fsp3) is 0.273. The third-order valence-electron chi connectivity index (χ3n) is 5.18. The zero-order valence-electron chi connectivity index (χ0n) is 15.8. The SMILES string of the molecule is O=C(C=Cc1ccc(Cl)c(C(F)(F)F)c1)N1CCC(c2nc3ccccc3o2)CC1. The first kappa shape index (κ1) is 20.5. The van der Waals surface area contributed by atoms with Crippen LogP contribution in [0.3, 0.4) is 0 Å². The maximum Gasteiger partial charge on any atom is 0.417 e. The van der Waals surface area contributed by atoms with Crippen LogP contribution in [0.4, 0.5) is 13.2 Å². The van der Waals surface area contributed by atoms with Crippen molar-refractivity contribution < 1.29 is 22.4 Å². The van der Waals surface area contributed by atoms with E-state index in [9.17, 15) is 18.0 Å². The molecule has 1 fully saturated rings. The molecule has 8 heteroatoms. The number of halogens is 4. The highest BCUT2D eigenvalue weighted by atomic mass is 35.5. The first-order valence-electron chi connectivity index (χ1n) is 9.50. The molecular weight excluding hydrogens is 417 g/mol. The normalized spacial score (nSPS) is 15.9. The number of oxazole rings is 1. The standard InChI is InChI=1S/C22H18ClF3N2O2/c23-17-7-5-14(13-16(17)22(24,25)26)6-8-20(29)28-11-9-15(10-12-28)21-27-18-3-1-2-4-19(18)30-21/h1-8,13,15H,9-12H2. The average Bonchev–Trinajstić information content (AvgIpc) is 3.16. The predicted octanol–water partition coefficient (Wildman–Crippen LogP) is 5.92. The van der Waals surface area contributed by atoms with Crippen molar-refractivity contribution >= 4 is 34.7 Å². The van der Waals surface area contributed by atoms with E-state index in [1.165, 1.54) is 24.3 Å². The molecule has 4 nitrogen and oxygen atoms in total. The molecule has 0 N–H and O–H groups in total. The average molecular weight is 435 g/mol. The lowest BCUT2D eigenvalue weighted by atomic mass is 9.96. The van der Waals surface area contributed by atoms with Crippen LogP contribution in [0.5, 0.6) is 0 Å². The van der Waals surface area contributed by atoms with E-state index in [1.54, 1.807) is 4.90 Å². The molecule has 1 amide bonds. The highest BCUT2D eigenvalue weighted by Crippen LogP contribution is 2.35. The molecule has 2 aromatic carbocycles. The second-order valence-electron chi connectivity index (χ2n) is 7.19. The van der Waals surface area contributed by atoms with Gasteiger partial charge in [-0.1, -0.05) is 29.8 Å². The fourth-order valence-electron chi connectivity index (χ4n) is 3.55. The van der Waals surface area contributed by atoms with Crippen LogP contribution in [-0.4, -0.2) is 28.9 Å². The molecule has 1 saturated heterocycles. The van der Waals surface area contributed by atoms with E-state index in [2.05, 4.69) is 4.98 Å². The molecule has 0 saturated carbocycles. The van der Waals surface area contributed by atoms with Crippen LogP contribution in [-0.2, 0) is 11.0 Å². The minimum absolute atomic E-state index is 0.135. The number of para-hydroxylation sites is 2. The van der Waals surface area contributed by atoms with Gasteiger partial charge in [-0.15, -0.1) is 0 Å². The Hall–Kier alpha value is -2.80. The number of alkyl halides is 3. The van der Waals surface area contributed by atoms with Crippen LogP contribution in [0.15, 0.2) is 53.0 Å². The number of fused-ring (bicyclic) bond motifs is 1. The van der Waals surface area contributed by atoms with E-state index in [4.69, 9.17) is 16.0 Å². The Bertz CT molecular complexity index is 1070. The van der Waals surface area contributed by atoms with Gasteiger partial charge >= 0.3 is 6.18 Å². The Labute approximate surface area is 175 Å². The van der Waals surface area contributed by atoms with Gasteiger partial charge in [-0.3, -0.25) is 4.79 Å². The second kappa shape index (κ2) is 8.14. The quantitative estimate of drug-likeness (QED) is 0.481. The molecule has 156 valence electrons. The van der Waals surface area contributed by atoms with Gasteiger partial charge in [0.1, 0.15) is 5.52 Å². The number of rotatable bonds is 3. The number of hydrogen-bond acceptors (Lipinski definition) is 3. The summed E-state index contributed by atoms with van der Waals surface area (Å²) in [4.78, 5) is 18.7. The Morgan fingerprint density at radius 1 is 1.17 bits per heavy atom. The van der Waals surface area contributed by atoms with E-state index < -0.39 is 11.7 Å². The number of aromatic nitrogens is 1. The van der Waals surface area contributed by atoms with Gasteiger partial charge in [0.25, 0.3) is 0 Å². The summed E-state index contributed by atoms with van der Waals surface area (Å²) in [7, 11) is 0. The van der Waals surface area contributed by atoms with Gasteiger partial charge in [-0.25, -0.2) is 4.98 Å². The summed E-state index contributed by atoms with van der Waals surface area (Å²) < 4.78 is 44.7. The molecule has 1 aliphatic rings. The molecule has 0 spiro atoms. The van der Waals surface area contributed by atoms with Crippen molar-refractivity contribution in [2.45, 2.75) is 24.9 Å². The zero-order valence-corrected chi connectivity index (χ0v) is 16.6. The first-order valence-corrected chi connectivity index (χ1v) is 9.88. The zero-order chi connectivity index (χ0) is 21.3. The van der Waals surface area contributed by atoms with Gasteiger partial charge in [-0.2, -0.15) is 13.2 Å². The maximum absolute atomic E-state index is 13.0. The van der Waals surface area contributed by atoms with E-state index in [1.807, 2.05) is 24.3 Å². The number of piperidine rings is 1. The lowest BCUT2D eigenvalue weighted by Crippen LogP contribution is -2.36. The van der Waals surface area contributed by atoms with E-state index in [0.717, 1.165) is 17.2 Å². The summed E-state index contributed by atoms with van der Waals surface area (Å²) in [5.74, 6) is 0.574. The first-order chi connectivity index (χ1) is 14.3. The molecule has 0 radical (unpaired) electrons. The lowest BCUT2D eigenvalue weighted by Gasteiger charge is -2.29. The second-order valence-corrected chi connectivity index (χ2v) is 7.60. The van der Waals surface area contributed by atoms with Crippen molar-refractivity contribution in [1.29, 1.82) is 0 Å². The molecule has 0 unspecified atom stereocenters. The predicted molar refractivity (Wildman–Crippen MR) is 108 cm³/mol. The summed E-state index contributed by atoms with van der Waals surface area (Å²) in [5, 5.41) is -0.368. The molecule has 4 rings (SSSR count). The Morgan fingerprint density at radius 2 is 1.90 bits per heavy atom. The largest absolute Gasteiger partial charge is 0.440 e. The molecule has 1 aliphatic heterocycles. The number of carbonyl (C=O) groups excluding carboxylic acids is 1. The van der Waals surface area contributed by atoms with Crippen molar-refractivity contribution in [3.63, 3.8) is 0 Å². The van der Waals surface area contributed by atoms with Crippen LogP contribution in [0.2, 0.25) is 5.02 Å². The van der Waals surface area contributed by atoms with Crippen molar-refractivity contribution in [1.82, 2.24) is 9.88 Å². The molecule has 0 atom stereocenters. The van der Waals surface area contributed by atoms with Gasteiger partial charge in [0.2, 0.25) is 5.91 Å². The number of benzene rings is 2. The molecule has 30 heavy (non-hydrogen) atoms. The summed E-state index contributed by atoms with van der Waals surface area (Å²) in [6, 6.07) is 11.1. The van der Waals surface area contributed by atoms with Gasteiger partial charge in [0.15, 0.2) is 11.5 Å². The fourth-order valence-corrected chi connectivity index (χ4v) is 3.77. The molecular formula is C22H18ClF3N2O2. The Balaban J connectivity index is 1.38. The van der Waals surface area contributed by atoms with Crippen LogP contribution in [0, 0.1) is 0 Å². The van der Waals surface area contributed by atoms with Gasteiger partial charge in [-0.05, 0) is 48.7 Å². The summed E-state index contributed by atoms with van der Waals surface area (Å²) in [5.41, 5.74) is 0.907. The molecule has 0 aliphatic carbocycles. The highest BCUT2D eigenvalue weighted by molar-refractivity contribution is 6.31. The van der Waals surface area contributed by atoms with Gasteiger partial charge < -0.3 is 9.32 Å². The molecule has 1 aromatic heterocycles. The van der Waals surface area contributed by atoms with Crippen molar-refractivity contribution in [2.75, 3.05) is 13.1 Å². The van der Waals surface area contributed by atoms with E-state index >= 15 is 0 Å². The Kier molecular flexibility index (Phi) is 5.56. The number of nitrogens with zero attached hydrogens (tertiary/aromatic N) is 2. The van der Waals surface area contributed by atoms with Crippen LogP contribution >= 0.6 is 11.6 Å². The number of hydrogen-bond donors (Lipinski definition) is 0. The highest BCUT2D eigenvalue weighted by Gasteiger charge is 2.33.